The van der Waals surface area contributed by atoms with E-state index in [0.29, 0.717) is 17.3 Å². The van der Waals surface area contributed by atoms with Crippen molar-refractivity contribution in [1.82, 2.24) is 0 Å². The molecule has 2 aromatic carbocycles. The molecular weight excluding hydrogens is 314 g/mol. The molecule has 0 bridgehead atoms. The first-order valence-corrected chi connectivity index (χ1v) is 6.93. The van der Waals surface area contributed by atoms with Gasteiger partial charge in [0.25, 0.3) is 0 Å². The van der Waals surface area contributed by atoms with Crippen LogP contribution in [0.2, 0.25) is 0 Å². The largest absolute Gasteiger partial charge is 0.206 e. The molecule has 2 rings (SSSR count). The third-order valence-electron chi connectivity index (χ3n) is 2.89. The van der Waals surface area contributed by atoms with Gasteiger partial charge < -0.3 is 0 Å². The summed E-state index contributed by atoms with van der Waals surface area (Å²) >= 11 is 0.569. The maximum Gasteiger partial charge on any atom is 0.169 e. The Morgan fingerprint density at radius 2 is 1.73 bits per heavy atom. The van der Waals surface area contributed by atoms with Crippen LogP contribution in [0.1, 0.15) is 16.7 Å². The molecule has 0 aliphatic heterocycles. The molecule has 1 nitrogen and oxygen atoms in total. The minimum atomic E-state index is -1.41. The summed E-state index contributed by atoms with van der Waals surface area (Å²) in [7, 11) is 0. The number of nitriles is 1. The Bertz CT molecular complexity index is 793. The molecule has 0 saturated carbocycles. The molecule has 22 heavy (non-hydrogen) atoms. The van der Waals surface area contributed by atoms with Crippen LogP contribution in [0.3, 0.4) is 0 Å². The van der Waals surface area contributed by atoms with E-state index in [9.17, 15) is 17.6 Å². The van der Waals surface area contributed by atoms with Crippen molar-refractivity contribution < 1.29 is 17.6 Å². The molecule has 2 aromatic rings. The smallest absolute Gasteiger partial charge is 0.169 e. The second-order valence-electron chi connectivity index (χ2n) is 4.45. The number of aryl methyl sites for hydroxylation is 1. The van der Waals surface area contributed by atoms with E-state index in [0.717, 1.165) is 30.3 Å². The summed E-state index contributed by atoms with van der Waals surface area (Å²) < 4.78 is 55.5. The summed E-state index contributed by atoms with van der Waals surface area (Å²) in [4.78, 5) is 0.000902. The fraction of sp³-hybridized carbons (Fsp3) is 0.0625. The second kappa shape index (κ2) is 6.67. The highest BCUT2D eigenvalue weighted by Crippen LogP contribution is 2.32. The number of rotatable bonds is 3. The summed E-state index contributed by atoms with van der Waals surface area (Å²) in [6, 6.07) is 6.70. The zero-order chi connectivity index (χ0) is 16.3. The van der Waals surface area contributed by atoms with Crippen LogP contribution in [0.25, 0.3) is 11.7 Å². The predicted molar refractivity (Wildman–Crippen MR) is 78.0 cm³/mol. The molecule has 0 radical (unpaired) electrons. The monoisotopic (exact) mass is 323 g/mol. The van der Waals surface area contributed by atoms with E-state index in [-0.39, 0.29) is 10.5 Å². The second-order valence-corrected chi connectivity index (χ2v) is 5.28. The number of thiocyanates is 1. The number of halogens is 4. The van der Waals surface area contributed by atoms with Crippen molar-refractivity contribution in [2.24, 2.45) is 0 Å². The molecule has 0 aliphatic carbocycles. The summed E-state index contributed by atoms with van der Waals surface area (Å²) in [5.74, 6) is -4.52. The average molecular weight is 323 g/mol. The van der Waals surface area contributed by atoms with Gasteiger partial charge in [0, 0.05) is 11.1 Å². The van der Waals surface area contributed by atoms with E-state index < -0.39 is 28.9 Å². The Balaban J connectivity index is 2.47. The summed E-state index contributed by atoms with van der Waals surface area (Å²) in [6.45, 7) is 1.62. The molecule has 6 heteroatoms. The van der Waals surface area contributed by atoms with Crippen molar-refractivity contribution in [2.75, 3.05) is 0 Å². The minimum Gasteiger partial charge on any atom is -0.206 e. The Labute approximate surface area is 128 Å². The lowest BCUT2D eigenvalue weighted by atomic mass is 10.1. The van der Waals surface area contributed by atoms with Crippen molar-refractivity contribution in [2.45, 2.75) is 11.8 Å². The zero-order valence-electron chi connectivity index (χ0n) is 11.3. The summed E-state index contributed by atoms with van der Waals surface area (Å²) in [5.41, 5.74) is -0.324. The van der Waals surface area contributed by atoms with Crippen LogP contribution < -0.4 is 0 Å². The molecule has 0 amide bonds. The van der Waals surface area contributed by atoms with Gasteiger partial charge in [-0.05, 0) is 48.5 Å². The summed E-state index contributed by atoms with van der Waals surface area (Å²) in [5, 5.41) is 10.2. The highest BCUT2D eigenvalue weighted by Gasteiger charge is 2.16. The Morgan fingerprint density at radius 3 is 2.32 bits per heavy atom. The van der Waals surface area contributed by atoms with Gasteiger partial charge in [-0.2, -0.15) is 5.26 Å². The molecule has 0 saturated heterocycles. The first-order chi connectivity index (χ1) is 10.4. The third kappa shape index (κ3) is 3.31. The lowest BCUT2D eigenvalue weighted by molar-refractivity contribution is 0.599. The fourth-order valence-electron chi connectivity index (χ4n) is 1.81. The quantitative estimate of drug-likeness (QED) is 0.317. The SMILES string of the molecule is Cc1ccc(/C(F)=C(\F)c2ccc(SC#N)c(F)c2)c(F)c1. The van der Waals surface area contributed by atoms with Crippen LogP contribution >= 0.6 is 11.8 Å². The molecule has 0 heterocycles. The fourth-order valence-corrected chi connectivity index (χ4v) is 2.20. The topological polar surface area (TPSA) is 23.8 Å². The maximum atomic E-state index is 14.1. The Hall–Kier alpha value is -2.26. The number of benzene rings is 2. The van der Waals surface area contributed by atoms with E-state index in [2.05, 4.69) is 0 Å². The molecule has 0 spiro atoms. The van der Waals surface area contributed by atoms with Gasteiger partial charge in [-0.3, -0.25) is 0 Å². The van der Waals surface area contributed by atoms with Gasteiger partial charge in [0.2, 0.25) is 0 Å². The van der Waals surface area contributed by atoms with Gasteiger partial charge in [-0.25, -0.2) is 17.6 Å². The third-order valence-corrected chi connectivity index (χ3v) is 3.54. The molecular formula is C16H9F4NS. The number of hydrogen-bond donors (Lipinski definition) is 0. The van der Waals surface area contributed by atoms with E-state index in [1.54, 1.807) is 12.3 Å². The van der Waals surface area contributed by atoms with Crippen molar-refractivity contribution in [1.29, 1.82) is 5.26 Å². The van der Waals surface area contributed by atoms with E-state index in [1.165, 1.54) is 6.07 Å². The van der Waals surface area contributed by atoms with E-state index >= 15 is 0 Å². The predicted octanol–water partition coefficient (Wildman–Crippen LogP) is 5.61. The van der Waals surface area contributed by atoms with Crippen LogP contribution in [0, 0.1) is 29.2 Å². The van der Waals surface area contributed by atoms with Crippen molar-refractivity contribution in [3.63, 3.8) is 0 Å². The van der Waals surface area contributed by atoms with Crippen molar-refractivity contribution >= 4 is 23.4 Å². The molecule has 0 fully saturated rings. The van der Waals surface area contributed by atoms with Gasteiger partial charge in [-0.15, -0.1) is 0 Å². The van der Waals surface area contributed by atoms with Gasteiger partial charge >= 0.3 is 0 Å². The highest BCUT2D eigenvalue weighted by molar-refractivity contribution is 8.03. The molecule has 0 aromatic heterocycles. The van der Waals surface area contributed by atoms with Gasteiger partial charge in [0.05, 0.1) is 4.90 Å². The van der Waals surface area contributed by atoms with Crippen molar-refractivity contribution in [3.8, 4) is 5.40 Å². The van der Waals surface area contributed by atoms with E-state index in [4.69, 9.17) is 5.26 Å². The normalized spacial score (nSPS) is 11.8. The maximum absolute atomic E-state index is 14.1. The summed E-state index contributed by atoms with van der Waals surface area (Å²) in [6.07, 6.45) is 0. The number of thioether (sulfide) groups is 1. The molecule has 112 valence electrons. The highest BCUT2D eigenvalue weighted by atomic mass is 32.2. The van der Waals surface area contributed by atoms with Gasteiger partial charge in [0.15, 0.2) is 11.7 Å². The first kappa shape index (κ1) is 16.1. The number of nitrogens with zero attached hydrogens (tertiary/aromatic N) is 1. The van der Waals surface area contributed by atoms with Crippen molar-refractivity contribution in [3.05, 3.63) is 64.7 Å². The van der Waals surface area contributed by atoms with Crippen LogP contribution in [0.15, 0.2) is 41.3 Å². The molecule has 0 aliphatic rings. The molecule has 0 N–H and O–H groups in total. The van der Waals surface area contributed by atoms with Gasteiger partial charge in [0.1, 0.15) is 17.0 Å². The molecule has 0 unspecified atom stereocenters. The lowest BCUT2D eigenvalue weighted by Crippen LogP contribution is -1.91. The van der Waals surface area contributed by atoms with Crippen LogP contribution in [0.5, 0.6) is 0 Å². The standard InChI is InChI=1S/C16H9F4NS/c1-9-2-4-11(12(17)6-9)16(20)15(19)10-3-5-14(22-8-21)13(18)7-10/h2-7H,1H3/b16-15+. The van der Waals surface area contributed by atoms with Crippen LogP contribution in [-0.4, -0.2) is 0 Å². The average Bonchev–Trinajstić information content (AvgIpc) is 2.48. The molecule has 0 atom stereocenters. The van der Waals surface area contributed by atoms with Crippen LogP contribution in [0.4, 0.5) is 17.6 Å². The van der Waals surface area contributed by atoms with E-state index in [1.807, 2.05) is 0 Å². The lowest BCUT2D eigenvalue weighted by Gasteiger charge is -2.05. The van der Waals surface area contributed by atoms with Crippen LogP contribution in [-0.2, 0) is 0 Å². The minimum absolute atomic E-state index is 0.000902. The Kier molecular flexibility index (Phi) is 4.88. The zero-order valence-corrected chi connectivity index (χ0v) is 12.1. The van der Waals surface area contributed by atoms with Gasteiger partial charge in [-0.1, -0.05) is 12.1 Å². The first-order valence-electron chi connectivity index (χ1n) is 6.11. The Morgan fingerprint density at radius 1 is 1.00 bits per heavy atom. The number of hydrogen-bond acceptors (Lipinski definition) is 2.